The largest absolute Gasteiger partial charge is 0.481 e. The number of ether oxygens (including phenoxy) is 1. The van der Waals surface area contributed by atoms with Crippen molar-refractivity contribution in [2.75, 3.05) is 12.8 Å². The molecule has 0 saturated heterocycles. The standard InChI is InChI=1S/C12H21O7P/c1-9(2)12(15)19-7-5-3-4-6-10(11(13)14)8-20(16,17)18/h10H,1,3-8H2,2H3,(H,13,14)(H2,16,17,18). The van der Waals surface area contributed by atoms with Crippen molar-refractivity contribution in [3.63, 3.8) is 0 Å². The van der Waals surface area contributed by atoms with Crippen LogP contribution in [-0.2, 0) is 18.9 Å². The second kappa shape index (κ2) is 8.89. The molecule has 0 aliphatic rings. The van der Waals surface area contributed by atoms with E-state index < -0.39 is 31.6 Å². The molecule has 0 heterocycles. The predicted octanol–water partition coefficient (Wildman–Crippen LogP) is 1.54. The number of esters is 1. The van der Waals surface area contributed by atoms with Gasteiger partial charge in [0.05, 0.1) is 18.7 Å². The maximum atomic E-state index is 11.0. The molecule has 0 amide bonds. The van der Waals surface area contributed by atoms with E-state index in [-0.39, 0.29) is 13.0 Å². The van der Waals surface area contributed by atoms with Crippen LogP contribution in [-0.4, -0.2) is 39.6 Å². The fraction of sp³-hybridized carbons (Fsp3) is 0.667. The topological polar surface area (TPSA) is 121 Å². The van der Waals surface area contributed by atoms with Crippen molar-refractivity contribution in [1.82, 2.24) is 0 Å². The minimum absolute atomic E-state index is 0.189. The molecule has 0 rings (SSSR count). The second-order valence-corrected chi connectivity index (χ2v) is 6.34. The van der Waals surface area contributed by atoms with Gasteiger partial charge in [0, 0.05) is 5.57 Å². The summed E-state index contributed by atoms with van der Waals surface area (Å²) in [5, 5.41) is 8.85. The third kappa shape index (κ3) is 9.72. The van der Waals surface area contributed by atoms with Gasteiger partial charge in [-0.1, -0.05) is 19.4 Å². The van der Waals surface area contributed by atoms with Crippen molar-refractivity contribution in [3.05, 3.63) is 12.2 Å². The van der Waals surface area contributed by atoms with Crippen molar-refractivity contribution in [3.8, 4) is 0 Å². The number of carboxylic acid groups (broad SMARTS) is 1. The van der Waals surface area contributed by atoms with Crippen LogP contribution >= 0.6 is 7.60 Å². The van der Waals surface area contributed by atoms with Gasteiger partial charge < -0.3 is 19.6 Å². The summed E-state index contributed by atoms with van der Waals surface area (Å²) in [5.74, 6) is -2.72. The van der Waals surface area contributed by atoms with Gasteiger partial charge in [-0.05, 0) is 19.8 Å². The summed E-state index contributed by atoms with van der Waals surface area (Å²) in [6.07, 6.45) is 1.24. The number of hydrogen-bond donors (Lipinski definition) is 3. The molecule has 3 N–H and O–H groups in total. The molecular formula is C12H21O7P. The summed E-state index contributed by atoms with van der Waals surface area (Å²) < 4.78 is 15.6. The third-order valence-electron chi connectivity index (χ3n) is 2.59. The second-order valence-electron chi connectivity index (χ2n) is 4.65. The van der Waals surface area contributed by atoms with Crippen LogP contribution in [0.15, 0.2) is 12.2 Å². The highest BCUT2D eigenvalue weighted by Gasteiger charge is 2.26. The van der Waals surface area contributed by atoms with Crippen LogP contribution in [0.2, 0.25) is 0 Å². The first-order valence-electron chi connectivity index (χ1n) is 6.23. The molecule has 0 radical (unpaired) electrons. The fourth-order valence-electron chi connectivity index (χ4n) is 1.54. The van der Waals surface area contributed by atoms with E-state index >= 15 is 0 Å². The van der Waals surface area contributed by atoms with Crippen molar-refractivity contribution >= 4 is 19.5 Å². The van der Waals surface area contributed by atoms with Crippen LogP contribution in [0.4, 0.5) is 0 Å². The molecule has 1 atom stereocenters. The fourth-order valence-corrected chi connectivity index (χ4v) is 2.45. The molecule has 0 saturated carbocycles. The van der Waals surface area contributed by atoms with E-state index in [0.717, 1.165) is 0 Å². The lowest BCUT2D eigenvalue weighted by atomic mass is 10.0. The lowest BCUT2D eigenvalue weighted by molar-refractivity contribution is -0.141. The Kier molecular flexibility index (Phi) is 8.37. The molecule has 0 aromatic heterocycles. The molecule has 0 aliphatic carbocycles. The maximum absolute atomic E-state index is 11.0. The Morgan fingerprint density at radius 2 is 1.85 bits per heavy atom. The molecular weight excluding hydrogens is 287 g/mol. The summed E-state index contributed by atoms with van der Waals surface area (Å²) >= 11 is 0. The SMILES string of the molecule is C=C(C)C(=O)OCCCCCC(CP(=O)(O)O)C(=O)O. The van der Waals surface area contributed by atoms with E-state index in [4.69, 9.17) is 19.6 Å². The smallest absolute Gasteiger partial charge is 0.333 e. The first kappa shape index (κ1) is 18.8. The Bertz CT molecular complexity index is 399. The number of aliphatic carboxylic acids is 1. The molecule has 20 heavy (non-hydrogen) atoms. The van der Waals surface area contributed by atoms with E-state index in [9.17, 15) is 14.2 Å². The zero-order valence-corrected chi connectivity index (χ0v) is 12.3. The summed E-state index contributed by atoms with van der Waals surface area (Å²) in [5.41, 5.74) is 0.317. The van der Waals surface area contributed by atoms with Gasteiger partial charge in [0.15, 0.2) is 0 Å². The number of rotatable bonds is 10. The van der Waals surface area contributed by atoms with Crippen molar-refractivity contribution in [2.45, 2.75) is 32.6 Å². The number of carbonyl (C=O) groups is 2. The van der Waals surface area contributed by atoms with E-state index in [1.165, 1.54) is 0 Å². The number of hydrogen-bond acceptors (Lipinski definition) is 4. The Labute approximate surface area is 117 Å². The lowest BCUT2D eigenvalue weighted by Gasteiger charge is -2.13. The molecule has 0 aromatic rings. The lowest BCUT2D eigenvalue weighted by Crippen LogP contribution is -2.18. The van der Waals surface area contributed by atoms with Gasteiger partial charge in [-0.3, -0.25) is 9.36 Å². The average molecular weight is 308 g/mol. The Balaban J connectivity index is 3.86. The average Bonchev–Trinajstić information content (AvgIpc) is 2.29. The van der Waals surface area contributed by atoms with E-state index in [2.05, 4.69) is 6.58 Å². The quantitative estimate of drug-likeness (QED) is 0.242. The highest BCUT2D eigenvalue weighted by Crippen LogP contribution is 2.38. The minimum Gasteiger partial charge on any atom is -0.481 e. The molecule has 7 nitrogen and oxygen atoms in total. The number of carbonyl (C=O) groups excluding carboxylic acids is 1. The molecule has 0 spiro atoms. The van der Waals surface area contributed by atoms with E-state index in [1.807, 2.05) is 0 Å². The highest BCUT2D eigenvalue weighted by molar-refractivity contribution is 7.51. The van der Waals surface area contributed by atoms with Crippen LogP contribution in [0.5, 0.6) is 0 Å². The van der Waals surface area contributed by atoms with Crippen LogP contribution in [0, 0.1) is 5.92 Å². The van der Waals surface area contributed by atoms with Gasteiger partial charge in [-0.2, -0.15) is 0 Å². The van der Waals surface area contributed by atoms with Gasteiger partial charge in [-0.15, -0.1) is 0 Å². The summed E-state index contributed by atoms with van der Waals surface area (Å²) in [6, 6.07) is 0. The van der Waals surface area contributed by atoms with Gasteiger partial charge >= 0.3 is 19.5 Å². The molecule has 0 aliphatic heterocycles. The number of carboxylic acids is 1. The van der Waals surface area contributed by atoms with Gasteiger partial charge in [0.25, 0.3) is 0 Å². The zero-order valence-electron chi connectivity index (χ0n) is 11.4. The maximum Gasteiger partial charge on any atom is 0.333 e. The summed E-state index contributed by atoms with van der Waals surface area (Å²) in [4.78, 5) is 39.4. The van der Waals surface area contributed by atoms with E-state index in [1.54, 1.807) is 6.92 Å². The van der Waals surface area contributed by atoms with Gasteiger partial charge in [0.1, 0.15) is 0 Å². The van der Waals surface area contributed by atoms with Crippen LogP contribution in [0.3, 0.4) is 0 Å². The third-order valence-corrected chi connectivity index (χ3v) is 3.50. The molecule has 116 valence electrons. The van der Waals surface area contributed by atoms with Crippen molar-refractivity contribution in [2.24, 2.45) is 5.92 Å². The first-order chi connectivity index (χ1) is 9.13. The van der Waals surface area contributed by atoms with Crippen LogP contribution in [0.1, 0.15) is 32.6 Å². The van der Waals surface area contributed by atoms with Crippen LogP contribution in [0.25, 0.3) is 0 Å². The van der Waals surface area contributed by atoms with Crippen LogP contribution < -0.4 is 0 Å². The molecule has 8 heteroatoms. The van der Waals surface area contributed by atoms with E-state index in [0.29, 0.717) is 24.8 Å². The predicted molar refractivity (Wildman–Crippen MR) is 72.3 cm³/mol. The monoisotopic (exact) mass is 308 g/mol. The molecule has 1 unspecified atom stereocenters. The van der Waals surface area contributed by atoms with Gasteiger partial charge in [-0.25, -0.2) is 4.79 Å². The van der Waals surface area contributed by atoms with Crippen molar-refractivity contribution in [1.29, 1.82) is 0 Å². The first-order valence-corrected chi connectivity index (χ1v) is 8.03. The summed E-state index contributed by atoms with van der Waals surface area (Å²) in [7, 11) is -4.32. The van der Waals surface area contributed by atoms with Gasteiger partial charge in [0.2, 0.25) is 0 Å². The normalized spacial score (nSPS) is 12.8. The number of unbranched alkanes of at least 4 members (excludes halogenated alkanes) is 2. The Hall–Kier alpha value is -1.17. The molecule has 0 fully saturated rings. The summed E-state index contributed by atoms with van der Waals surface area (Å²) in [6.45, 7) is 5.20. The molecule has 0 aromatic carbocycles. The Morgan fingerprint density at radius 1 is 1.25 bits per heavy atom. The molecule has 0 bridgehead atoms. The minimum atomic E-state index is -4.32. The Morgan fingerprint density at radius 3 is 2.30 bits per heavy atom. The highest BCUT2D eigenvalue weighted by atomic mass is 31.2. The zero-order chi connectivity index (χ0) is 15.8. The van der Waals surface area contributed by atoms with Crippen molar-refractivity contribution < 1.29 is 33.8 Å².